The Morgan fingerprint density at radius 3 is 2.73 bits per heavy atom. The van der Waals surface area contributed by atoms with Crippen LogP contribution in [0.1, 0.15) is 47.1 Å². The van der Waals surface area contributed by atoms with E-state index in [0.717, 1.165) is 72.6 Å². The number of anilines is 1. The predicted molar refractivity (Wildman–Crippen MR) is 109 cm³/mol. The maximum Gasteiger partial charge on any atom is 0.434 e. The van der Waals surface area contributed by atoms with Crippen LogP contribution < -0.4 is 4.90 Å². The van der Waals surface area contributed by atoms with Crippen molar-refractivity contribution in [3.8, 4) is 11.5 Å². The molecule has 0 aromatic carbocycles. The molecule has 9 heteroatoms. The van der Waals surface area contributed by atoms with E-state index in [1.54, 1.807) is 6.20 Å². The molecule has 1 unspecified atom stereocenters. The van der Waals surface area contributed by atoms with Crippen molar-refractivity contribution < 1.29 is 13.2 Å². The van der Waals surface area contributed by atoms with Gasteiger partial charge in [0.1, 0.15) is 11.5 Å². The number of hydrogen-bond donors (Lipinski definition) is 0. The SMILES string of the molecule is FC(F)(F)c1csc(C2CCCN(c3nc(-c4ccccn4)nc4c3CCC4)C2)n1. The molecule has 4 heterocycles. The Kier molecular flexibility index (Phi) is 4.92. The first-order valence-corrected chi connectivity index (χ1v) is 11.0. The van der Waals surface area contributed by atoms with Gasteiger partial charge in [0.2, 0.25) is 0 Å². The van der Waals surface area contributed by atoms with Gasteiger partial charge in [-0.25, -0.2) is 15.0 Å². The molecule has 1 fully saturated rings. The van der Waals surface area contributed by atoms with Gasteiger partial charge >= 0.3 is 6.18 Å². The fourth-order valence-corrected chi connectivity index (χ4v) is 5.21. The summed E-state index contributed by atoms with van der Waals surface area (Å²) >= 11 is 1.11. The number of nitrogens with zero attached hydrogens (tertiary/aromatic N) is 5. The van der Waals surface area contributed by atoms with Crippen molar-refractivity contribution >= 4 is 17.2 Å². The molecule has 3 aromatic rings. The Labute approximate surface area is 176 Å². The van der Waals surface area contributed by atoms with Crippen LogP contribution in [0.4, 0.5) is 19.0 Å². The topological polar surface area (TPSA) is 54.8 Å². The normalized spacial score (nSPS) is 19.2. The molecule has 0 amide bonds. The highest BCUT2D eigenvalue weighted by Gasteiger charge is 2.35. The zero-order valence-corrected chi connectivity index (χ0v) is 17.0. The van der Waals surface area contributed by atoms with Crippen LogP contribution in [0.3, 0.4) is 0 Å². The van der Waals surface area contributed by atoms with E-state index in [4.69, 9.17) is 9.97 Å². The van der Waals surface area contributed by atoms with Crippen molar-refractivity contribution in [3.63, 3.8) is 0 Å². The lowest BCUT2D eigenvalue weighted by molar-refractivity contribution is -0.140. The van der Waals surface area contributed by atoms with Crippen LogP contribution in [-0.2, 0) is 19.0 Å². The highest BCUT2D eigenvalue weighted by molar-refractivity contribution is 7.09. The van der Waals surface area contributed by atoms with Gasteiger partial charge in [-0.15, -0.1) is 11.3 Å². The Balaban J connectivity index is 1.46. The van der Waals surface area contributed by atoms with Crippen LogP contribution >= 0.6 is 11.3 Å². The summed E-state index contributed by atoms with van der Waals surface area (Å²) < 4.78 is 38.9. The number of rotatable bonds is 3. The minimum atomic E-state index is -4.39. The molecule has 0 radical (unpaired) electrons. The molecule has 0 bridgehead atoms. The number of thiazole rings is 1. The van der Waals surface area contributed by atoms with Gasteiger partial charge in [0.15, 0.2) is 11.5 Å². The van der Waals surface area contributed by atoms with Gasteiger partial charge < -0.3 is 4.90 Å². The molecular formula is C21H20F3N5S. The Morgan fingerprint density at radius 1 is 1.07 bits per heavy atom. The number of piperidine rings is 1. The largest absolute Gasteiger partial charge is 0.434 e. The lowest BCUT2D eigenvalue weighted by atomic mass is 9.98. The summed E-state index contributed by atoms with van der Waals surface area (Å²) in [5.74, 6) is 1.50. The Bertz CT molecular complexity index is 1050. The average molecular weight is 431 g/mol. The highest BCUT2D eigenvalue weighted by atomic mass is 32.1. The highest BCUT2D eigenvalue weighted by Crippen LogP contribution is 2.38. The number of aryl methyl sites for hydroxylation is 1. The fraction of sp³-hybridized carbons (Fsp3) is 0.429. The molecule has 0 saturated carbocycles. The number of hydrogen-bond acceptors (Lipinski definition) is 6. The lowest BCUT2D eigenvalue weighted by Crippen LogP contribution is -2.36. The zero-order valence-electron chi connectivity index (χ0n) is 16.2. The zero-order chi connectivity index (χ0) is 20.7. The van der Waals surface area contributed by atoms with Crippen molar-refractivity contribution in [3.05, 3.63) is 51.7 Å². The molecule has 1 saturated heterocycles. The fourth-order valence-electron chi connectivity index (χ4n) is 4.26. The molecule has 3 aromatic heterocycles. The van der Waals surface area contributed by atoms with Gasteiger partial charge in [0, 0.05) is 41.8 Å². The summed E-state index contributed by atoms with van der Waals surface area (Å²) in [5, 5.41) is 1.68. The first-order valence-electron chi connectivity index (χ1n) is 10.1. The van der Waals surface area contributed by atoms with Gasteiger partial charge in [-0.3, -0.25) is 4.98 Å². The second kappa shape index (κ2) is 7.61. The van der Waals surface area contributed by atoms with Crippen molar-refractivity contribution in [2.75, 3.05) is 18.0 Å². The summed E-state index contributed by atoms with van der Waals surface area (Å²) in [6.45, 7) is 1.45. The second-order valence-electron chi connectivity index (χ2n) is 7.72. The molecule has 1 atom stereocenters. The number of halogens is 3. The van der Waals surface area contributed by atoms with Gasteiger partial charge in [0.25, 0.3) is 0 Å². The smallest absolute Gasteiger partial charge is 0.356 e. The summed E-state index contributed by atoms with van der Waals surface area (Å²) in [7, 11) is 0. The van der Waals surface area contributed by atoms with Crippen LogP contribution in [0.2, 0.25) is 0 Å². The maximum atomic E-state index is 13.0. The monoisotopic (exact) mass is 431 g/mol. The van der Waals surface area contributed by atoms with E-state index in [9.17, 15) is 13.2 Å². The molecule has 0 N–H and O–H groups in total. The third-order valence-electron chi connectivity index (χ3n) is 5.69. The van der Waals surface area contributed by atoms with Crippen LogP contribution in [0, 0.1) is 0 Å². The molecular weight excluding hydrogens is 411 g/mol. The standard InChI is InChI=1S/C21H20F3N5S/c22-21(23,24)17-12-30-20(27-17)13-5-4-10-29(11-13)19-14-6-3-8-15(14)26-18(28-19)16-7-1-2-9-25-16/h1-2,7,9,12-13H,3-6,8,10-11H2. The van der Waals surface area contributed by atoms with E-state index in [1.165, 1.54) is 5.56 Å². The molecule has 0 spiro atoms. The molecule has 1 aliphatic carbocycles. The second-order valence-corrected chi connectivity index (χ2v) is 8.61. The van der Waals surface area contributed by atoms with Crippen molar-refractivity contribution in [2.24, 2.45) is 0 Å². The number of alkyl halides is 3. The average Bonchev–Trinajstić information content (AvgIpc) is 3.43. The number of aromatic nitrogens is 4. The molecule has 2 aliphatic rings. The molecule has 156 valence electrons. The third kappa shape index (κ3) is 3.66. The Morgan fingerprint density at radius 2 is 1.97 bits per heavy atom. The van der Waals surface area contributed by atoms with Crippen molar-refractivity contribution in [1.29, 1.82) is 0 Å². The molecule has 5 rings (SSSR count). The van der Waals surface area contributed by atoms with Crippen LogP contribution in [0.5, 0.6) is 0 Å². The van der Waals surface area contributed by atoms with Crippen molar-refractivity contribution in [1.82, 2.24) is 19.9 Å². The predicted octanol–water partition coefficient (Wildman–Crippen LogP) is 4.89. The summed E-state index contributed by atoms with van der Waals surface area (Å²) in [6, 6.07) is 5.67. The van der Waals surface area contributed by atoms with Crippen LogP contribution in [-0.4, -0.2) is 33.0 Å². The van der Waals surface area contributed by atoms with E-state index < -0.39 is 11.9 Å². The maximum absolute atomic E-state index is 13.0. The van der Waals surface area contributed by atoms with Crippen LogP contribution in [0.25, 0.3) is 11.5 Å². The summed E-state index contributed by atoms with van der Waals surface area (Å²) in [5.41, 5.74) is 2.18. The summed E-state index contributed by atoms with van der Waals surface area (Å²) in [4.78, 5) is 20.1. The Hall–Kier alpha value is -2.55. The first kappa shape index (κ1) is 19.4. The lowest BCUT2D eigenvalue weighted by Gasteiger charge is -2.34. The molecule has 30 heavy (non-hydrogen) atoms. The van der Waals surface area contributed by atoms with Gasteiger partial charge in [0.05, 0.1) is 5.01 Å². The van der Waals surface area contributed by atoms with E-state index in [2.05, 4.69) is 14.9 Å². The quantitative estimate of drug-likeness (QED) is 0.591. The van der Waals surface area contributed by atoms with E-state index in [0.29, 0.717) is 17.4 Å². The summed E-state index contributed by atoms with van der Waals surface area (Å²) in [6.07, 6.45) is 1.96. The first-order chi connectivity index (χ1) is 14.5. The van der Waals surface area contributed by atoms with Gasteiger partial charge in [-0.1, -0.05) is 6.07 Å². The van der Waals surface area contributed by atoms with E-state index in [-0.39, 0.29) is 5.92 Å². The van der Waals surface area contributed by atoms with Gasteiger partial charge in [-0.05, 0) is 44.2 Å². The number of pyridine rings is 1. The number of fused-ring (bicyclic) bond motifs is 1. The molecule has 5 nitrogen and oxygen atoms in total. The third-order valence-corrected chi connectivity index (χ3v) is 6.70. The van der Waals surface area contributed by atoms with E-state index >= 15 is 0 Å². The minimum Gasteiger partial charge on any atom is -0.356 e. The minimum absolute atomic E-state index is 0.0230. The van der Waals surface area contributed by atoms with Crippen molar-refractivity contribution in [2.45, 2.75) is 44.2 Å². The van der Waals surface area contributed by atoms with Crippen LogP contribution in [0.15, 0.2) is 29.8 Å². The van der Waals surface area contributed by atoms with Gasteiger partial charge in [-0.2, -0.15) is 13.2 Å². The van der Waals surface area contributed by atoms with E-state index in [1.807, 2.05) is 18.2 Å². The molecule has 1 aliphatic heterocycles.